The highest BCUT2D eigenvalue weighted by Crippen LogP contribution is 2.34. The van der Waals surface area contributed by atoms with E-state index in [1.807, 2.05) is 18.2 Å². The predicted octanol–water partition coefficient (Wildman–Crippen LogP) is 5.73. The van der Waals surface area contributed by atoms with Crippen LogP contribution in [0.5, 0.6) is 5.75 Å². The van der Waals surface area contributed by atoms with E-state index in [2.05, 4.69) is 17.0 Å². The van der Waals surface area contributed by atoms with Crippen LogP contribution in [-0.2, 0) is 35.1 Å². The molecule has 34 heavy (non-hydrogen) atoms. The average Bonchev–Trinajstić information content (AvgIpc) is 3.39. The highest BCUT2D eigenvalue weighted by molar-refractivity contribution is 7.15. The number of thiophene rings is 1. The van der Waals surface area contributed by atoms with Crippen LogP contribution in [0.1, 0.15) is 28.0 Å². The second-order valence-corrected chi connectivity index (χ2v) is 9.78. The van der Waals surface area contributed by atoms with Crippen molar-refractivity contribution in [3.8, 4) is 16.2 Å². The first kappa shape index (κ1) is 22.9. The fraction of sp³-hybridized carbons (Fsp3) is 0.346. The number of rotatable bonds is 5. The van der Waals surface area contributed by atoms with Crippen LogP contribution in [0.15, 0.2) is 54.6 Å². The molecule has 2 aliphatic heterocycles. The third kappa shape index (κ3) is 5.13. The zero-order valence-electron chi connectivity index (χ0n) is 18.4. The van der Waals surface area contributed by atoms with Crippen molar-refractivity contribution in [2.24, 2.45) is 0 Å². The smallest absolute Gasteiger partial charge is 0.416 e. The number of benzene rings is 2. The number of fused-ring (bicyclic) bond motifs is 1. The Balaban J connectivity index is 1.21. The molecule has 0 N–H and O–H groups in total. The number of carbonyl (C=O) groups is 1. The molecule has 0 spiro atoms. The normalized spacial score (nSPS) is 18.9. The van der Waals surface area contributed by atoms with Gasteiger partial charge in [-0.3, -0.25) is 4.90 Å². The number of hydrogen-bond acceptors (Lipinski definition) is 5. The number of halogens is 3. The summed E-state index contributed by atoms with van der Waals surface area (Å²) < 4.78 is 49.3. The summed E-state index contributed by atoms with van der Waals surface area (Å²) in [5.74, 6) is 0.406. The lowest BCUT2D eigenvalue weighted by Crippen LogP contribution is -2.25. The fourth-order valence-electron chi connectivity index (χ4n) is 4.39. The third-order valence-electron chi connectivity index (χ3n) is 6.28. The standard InChI is InChI=1S/C26H24F3NO3S/c27-26(28,29)20-4-1-18(2-5-20)24-8-7-22(34-24)16-30-12-9-17-3-6-21(15-19(17)10-13-30)33-23-11-14-32-25(23)31/h1-8,15,23H,9-14,16H2. The van der Waals surface area contributed by atoms with E-state index in [0.717, 1.165) is 55.0 Å². The number of cyclic esters (lactones) is 1. The molecule has 0 aliphatic carbocycles. The van der Waals surface area contributed by atoms with E-state index < -0.39 is 17.8 Å². The Hall–Kier alpha value is -2.84. The van der Waals surface area contributed by atoms with Crippen molar-refractivity contribution in [2.75, 3.05) is 19.7 Å². The molecule has 2 aromatic carbocycles. The molecule has 8 heteroatoms. The van der Waals surface area contributed by atoms with Crippen molar-refractivity contribution in [3.63, 3.8) is 0 Å². The lowest BCUT2D eigenvalue weighted by atomic mass is 10.0. The Morgan fingerprint density at radius 3 is 2.47 bits per heavy atom. The second-order valence-electron chi connectivity index (χ2n) is 8.61. The van der Waals surface area contributed by atoms with Crippen LogP contribution in [0.25, 0.3) is 10.4 Å². The second kappa shape index (κ2) is 9.43. The van der Waals surface area contributed by atoms with Gasteiger partial charge in [0.15, 0.2) is 6.10 Å². The largest absolute Gasteiger partial charge is 0.479 e. The van der Waals surface area contributed by atoms with Crippen molar-refractivity contribution in [2.45, 2.75) is 38.1 Å². The molecule has 2 aliphatic rings. The molecule has 0 saturated carbocycles. The molecule has 3 aromatic rings. The molecule has 0 radical (unpaired) electrons. The van der Waals surface area contributed by atoms with Gasteiger partial charge in [0.1, 0.15) is 5.75 Å². The van der Waals surface area contributed by atoms with Gasteiger partial charge < -0.3 is 9.47 Å². The van der Waals surface area contributed by atoms with Gasteiger partial charge in [0.2, 0.25) is 0 Å². The van der Waals surface area contributed by atoms with Crippen molar-refractivity contribution in [1.29, 1.82) is 0 Å². The molecule has 4 nitrogen and oxygen atoms in total. The fourth-order valence-corrected chi connectivity index (χ4v) is 5.45. The van der Waals surface area contributed by atoms with E-state index in [9.17, 15) is 18.0 Å². The molecule has 178 valence electrons. The van der Waals surface area contributed by atoms with Crippen LogP contribution >= 0.6 is 11.3 Å². The number of esters is 1. The van der Waals surface area contributed by atoms with Crippen molar-refractivity contribution in [1.82, 2.24) is 4.90 Å². The number of carbonyl (C=O) groups excluding carboxylic acids is 1. The molecule has 1 atom stereocenters. The summed E-state index contributed by atoms with van der Waals surface area (Å²) in [6.07, 6.45) is -2.44. The number of hydrogen-bond donors (Lipinski definition) is 0. The van der Waals surface area contributed by atoms with E-state index in [4.69, 9.17) is 9.47 Å². The van der Waals surface area contributed by atoms with Crippen molar-refractivity contribution >= 4 is 17.3 Å². The Labute approximate surface area is 199 Å². The molecule has 0 amide bonds. The molecular formula is C26H24F3NO3S. The van der Waals surface area contributed by atoms with Gasteiger partial charge in [0.25, 0.3) is 0 Å². The summed E-state index contributed by atoms with van der Waals surface area (Å²) in [7, 11) is 0. The summed E-state index contributed by atoms with van der Waals surface area (Å²) in [6, 6.07) is 15.4. The molecule has 1 aromatic heterocycles. The van der Waals surface area contributed by atoms with Crippen LogP contribution < -0.4 is 4.74 Å². The minimum Gasteiger partial charge on any atom is -0.479 e. The Morgan fingerprint density at radius 1 is 1.00 bits per heavy atom. The Bertz CT molecular complexity index is 1170. The summed E-state index contributed by atoms with van der Waals surface area (Å²) in [6.45, 7) is 3.04. The first-order valence-corrected chi connectivity index (χ1v) is 12.1. The highest BCUT2D eigenvalue weighted by atomic mass is 32.1. The molecule has 1 unspecified atom stereocenters. The summed E-state index contributed by atoms with van der Waals surface area (Å²) >= 11 is 1.62. The predicted molar refractivity (Wildman–Crippen MR) is 124 cm³/mol. The quantitative estimate of drug-likeness (QED) is 0.431. The van der Waals surface area contributed by atoms with Gasteiger partial charge in [0.05, 0.1) is 12.2 Å². The van der Waals surface area contributed by atoms with E-state index in [1.54, 1.807) is 11.3 Å². The number of ether oxygens (including phenoxy) is 2. The highest BCUT2D eigenvalue weighted by Gasteiger charge is 2.30. The van der Waals surface area contributed by atoms with Crippen LogP contribution in [0.4, 0.5) is 13.2 Å². The van der Waals surface area contributed by atoms with Gasteiger partial charge >= 0.3 is 12.1 Å². The summed E-state index contributed by atoms with van der Waals surface area (Å²) in [5.41, 5.74) is 2.70. The maximum absolute atomic E-state index is 12.8. The minimum atomic E-state index is -4.32. The van der Waals surface area contributed by atoms with Gasteiger partial charge in [-0.15, -0.1) is 11.3 Å². The van der Waals surface area contributed by atoms with Crippen LogP contribution in [0, 0.1) is 0 Å². The van der Waals surface area contributed by atoms with E-state index in [0.29, 0.717) is 18.8 Å². The molecule has 3 heterocycles. The Kier molecular flexibility index (Phi) is 6.36. The summed E-state index contributed by atoms with van der Waals surface area (Å²) in [5, 5.41) is 0. The maximum Gasteiger partial charge on any atom is 0.416 e. The molecule has 0 bridgehead atoms. The van der Waals surface area contributed by atoms with Crippen molar-refractivity contribution < 1.29 is 27.4 Å². The third-order valence-corrected chi connectivity index (χ3v) is 7.39. The van der Waals surface area contributed by atoms with Crippen molar-refractivity contribution in [3.05, 3.63) is 76.2 Å². The van der Waals surface area contributed by atoms with Crippen LogP contribution in [0.2, 0.25) is 0 Å². The van der Waals surface area contributed by atoms with E-state index >= 15 is 0 Å². The Morgan fingerprint density at radius 2 is 1.76 bits per heavy atom. The number of nitrogens with zero attached hydrogens (tertiary/aromatic N) is 1. The monoisotopic (exact) mass is 487 g/mol. The average molecular weight is 488 g/mol. The van der Waals surface area contributed by atoms with Gasteiger partial charge in [-0.25, -0.2) is 4.79 Å². The van der Waals surface area contributed by atoms with Gasteiger partial charge in [-0.1, -0.05) is 18.2 Å². The lowest BCUT2D eigenvalue weighted by Gasteiger charge is -2.18. The number of alkyl halides is 3. The molecule has 1 fully saturated rings. The topological polar surface area (TPSA) is 38.8 Å². The van der Waals surface area contributed by atoms with Crippen LogP contribution in [-0.4, -0.2) is 36.7 Å². The first-order chi connectivity index (χ1) is 16.3. The zero-order chi connectivity index (χ0) is 23.7. The van der Waals surface area contributed by atoms with Gasteiger partial charge in [-0.05, 0) is 65.9 Å². The van der Waals surface area contributed by atoms with E-state index in [1.165, 1.54) is 28.1 Å². The molecular weight excluding hydrogens is 463 g/mol. The SMILES string of the molecule is O=C1OCCC1Oc1ccc2c(c1)CCN(Cc1ccc(-c3ccc(C(F)(F)F)cc3)s1)CC2. The van der Waals surface area contributed by atoms with Gasteiger partial charge in [0, 0.05) is 35.8 Å². The lowest BCUT2D eigenvalue weighted by molar-refractivity contribution is -0.143. The maximum atomic E-state index is 12.8. The first-order valence-electron chi connectivity index (χ1n) is 11.3. The molecule has 1 saturated heterocycles. The molecule has 5 rings (SSSR count). The van der Waals surface area contributed by atoms with Crippen LogP contribution in [0.3, 0.4) is 0 Å². The minimum absolute atomic E-state index is 0.298. The van der Waals surface area contributed by atoms with Gasteiger partial charge in [-0.2, -0.15) is 13.2 Å². The summed E-state index contributed by atoms with van der Waals surface area (Å²) in [4.78, 5) is 16.2. The van der Waals surface area contributed by atoms with E-state index in [-0.39, 0.29) is 5.97 Å². The zero-order valence-corrected chi connectivity index (χ0v) is 19.3.